The van der Waals surface area contributed by atoms with Crippen molar-refractivity contribution in [2.24, 2.45) is 11.1 Å². The molecule has 0 radical (unpaired) electrons. The van der Waals surface area contributed by atoms with E-state index < -0.39 is 29.4 Å². The fourth-order valence-corrected chi connectivity index (χ4v) is 5.35. The van der Waals surface area contributed by atoms with Crippen molar-refractivity contribution in [2.45, 2.75) is 31.0 Å². The number of benzene rings is 1. The molecule has 0 spiro atoms. The molecule has 3 rings (SSSR count). The lowest BCUT2D eigenvalue weighted by molar-refractivity contribution is -0.156. The first-order valence-corrected chi connectivity index (χ1v) is 10.8. The van der Waals surface area contributed by atoms with Crippen LogP contribution in [0.4, 0.5) is 0 Å². The van der Waals surface area contributed by atoms with Crippen molar-refractivity contribution in [3.8, 4) is 5.75 Å². The molecule has 3 unspecified atom stereocenters. The number of fused-ring (bicyclic) bond motifs is 1. The lowest BCUT2D eigenvalue weighted by Crippen LogP contribution is -2.73. The number of nitrogens with two attached hydrogens (primary N) is 1. The Morgan fingerprint density at radius 2 is 2.19 bits per heavy atom. The predicted molar refractivity (Wildman–Crippen MR) is 115 cm³/mol. The fraction of sp³-hybridized carbons (Fsp3) is 0.476. The Kier molecular flexibility index (Phi) is 6.93. The molecule has 2 amide bonds. The predicted octanol–water partition coefficient (Wildman–Crippen LogP) is 0.888. The molecule has 10 heteroatoms. The molecule has 2 fully saturated rings. The van der Waals surface area contributed by atoms with E-state index in [2.05, 4.69) is 5.32 Å². The van der Waals surface area contributed by atoms with Crippen LogP contribution in [0.2, 0.25) is 0 Å². The summed E-state index contributed by atoms with van der Waals surface area (Å²) in [6, 6.07) is 3.48. The van der Waals surface area contributed by atoms with Crippen molar-refractivity contribution in [3.63, 3.8) is 0 Å². The van der Waals surface area contributed by atoms with Gasteiger partial charge in [-0.1, -0.05) is 24.3 Å². The number of nitrogens with one attached hydrogen (secondary N) is 1. The van der Waals surface area contributed by atoms with E-state index >= 15 is 0 Å². The summed E-state index contributed by atoms with van der Waals surface area (Å²) in [5.74, 6) is -0.878. The third-order valence-corrected chi connectivity index (χ3v) is 7.12. The normalized spacial score (nSPS) is 26.2. The minimum atomic E-state index is -1.11. The Morgan fingerprint density at radius 3 is 2.81 bits per heavy atom. The van der Waals surface area contributed by atoms with Crippen LogP contribution in [0.3, 0.4) is 0 Å². The lowest BCUT2D eigenvalue weighted by Gasteiger charge is -2.53. The van der Waals surface area contributed by atoms with E-state index in [0.29, 0.717) is 23.7 Å². The van der Waals surface area contributed by atoms with E-state index in [1.807, 2.05) is 0 Å². The first-order valence-electron chi connectivity index (χ1n) is 9.79. The van der Waals surface area contributed by atoms with Gasteiger partial charge >= 0.3 is 5.97 Å². The third kappa shape index (κ3) is 4.28. The summed E-state index contributed by atoms with van der Waals surface area (Å²) in [6.45, 7) is 2.20. The summed E-state index contributed by atoms with van der Waals surface area (Å²) in [4.78, 5) is 38.6. The summed E-state index contributed by atoms with van der Waals surface area (Å²) in [6.07, 6.45) is 3.30. The number of carbonyl (C=O) groups excluding carboxylic acids is 2. The summed E-state index contributed by atoms with van der Waals surface area (Å²) in [5, 5.41) is 12.1. The number of nitrogens with zero attached hydrogens (tertiary/aromatic N) is 1. The van der Waals surface area contributed by atoms with Crippen LogP contribution in [0.1, 0.15) is 24.1 Å². The number of β-lactam (4-membered cyclic amide) rings is 1. The van der Waals surface area contributed by atoms with Gasteiger partial charge in [-0.2, -0.15) is 0 Å². The highest BCUT2D eigenvalue weighted by molar-refractivity contribution is 8.00. The zero-order chi connectivity index (χ0) is 22.8. The number of carbonyl (C=O) groups is 3. The van der Waals surface area contributed by atoms with Gasteiger partial charge in [-0.25, -0.2) is 0 Å². The highest BCUT2D eigenvalue weighted by Gasteiger charge is 2.56. The monoisotopic (exact) mass is 449 g/mol. The maximum Gasteiger partial charge on any atom is 0.316 e. The number of carboxylic acids is 1. The van der Waals surface area contributed by atoms with Crippen molar-refractivity contribution >= 4 is 29.5 Å². The SMILES string of the molecule is CC=CC1(C(=O)O)CS[C@@H]2C(NC(=O)C(N)c3ccc(COC)c(OC)c3)C(=O)N2C1. The Bertz CT molecular complexity index is 907. The molecule has 1 aromatic rings. The largest absolute Gasteiger partial charge is 0.496 e. The highest BCUT2D eigenvalue weighted by Crippen LogP contribution is 2.43. The molecule has 2 saturated heterocycles. The van der Waals surface area contributed by atoms with Crippen molar-refractivity contribution in [3.05, 3.63) is 41.5 Å². The van der Waals surface area contributed by atoms with E-state index in [-0.39, 0.29) is 17.8 Å². The van der Waals surface area contributed by atoms with Gasteiger partial charge < -0.3 is 30.5 Å². The van der Waals surface area contributed by atoms with Crippen molar-refractivity contribution in [2.75, 3.05) is 26.5 Å². The standard InChI is InChI=1S/C21H27N3O6S/c1-4-7-21(20(27)28)10-24-18(26)16(19(24)31-11-21)23-17(25)15(22)12-5-6-13(9-29-2)14(8-12)30-3/h4-8,15-16,19H,9-11,22H2,1-3H3,(H,23,25)(H,27,28)/t15?,16?,19-,21?/m1/s1. The van der Waals surface area contributed by atoms with Gasteiger partial charge in [0, 0.05) is 25.0 Å². The Balaban J connectivity index is 1.67. The van der Waals surface area contributed by atoms with Crippen LogP contribution < -0.4 is 15.8 Å². The molecule has 4 N–H and O–H groups in total. The first kappa shape index (κ1) is 23.1. The molecule has 2 aliphatic heterocycles. The quantitative estimate of drug-likeness (QED) is 0.394. The number of aliphatic carboxylic acids is 1. The molecule has 0 aliphatic carbocycles. The van der Waals surface area contributed by atoms with Crippen molar-refractivity contribution in [1.29, 1.82) is 0 Å². The van der Waals surface area contributed by atoms with Gasteiger partial charge in [0.25, 0.3) is 0 Å². The molecular formula is C21H27N3O6S. The fourth-order valence-electron chi connectivity index (χ4n) is 3.84. The van der Waals surface area contributed by atoms with Gasteiger partial charge in [-0.3, -0.25) is 14.4 Å². The van der Waals surface area contributed by atoms with E-state index in [9.17, 15) is 19.5 Å². The van der Waals surface area contributed by atoms with Crippen LogP contribution >= 0.6 is 11.8 Å². The highest BCUT2D eigenvalue weighted by atomic mass is 32.2. The second-order valence-corrected chi connectivity index (χ2v) is 8.70. The number of rotatable bonds is 8. The molecule has 0 saturated carbocycles. The number of thioether (sulfide) groups is 1. The number of carboxylic acid groups (broad SMARTS) is 1. The number of hydrogen-bond acceptors (Lipinski definition) is 7. The summed E-state index contributed by atoms with van der Waals surface area (Å²) in [5.41, 5.74) is 6.39. The Morgan fingerprint density at radius 1 is 1.45 bits per heavy atom. The Labute approximate surface area is 184 Å². The smallest absolute Gasteiger partial charge is 0.316 e. The molecule has 2 heterocycles. The van der Waals surface area contributed by atoms with Gasteiger partial charge in [0.2, 0.25) is 11.8 Å². The van der Waals surface area contributed by atoms with Crippen molar-refractivity contribution < 1.29 is 29.0 Å². The zero-order valence-corrected chi connectivity index (χ0v) is 18.5. The summed E-state index contributed by atoms with van der Waals surface area (Å²) in [7, 11) is 3.10. The molecule has 1 aromatic carbocycles. The number of hydrogen-bond donors (Lipinski definition) is 3. The molecule has 168 valence electrons. The zero-order valence-electron chi connectivity index (χ0n) is 17.7. The average Bonchev–Trinajstić information content (AvgIpc) is 2.77. The second-order valence-electron chi connectivity index (χ2n) is 7.60. The molecule has 31 heavy (non-hydrogen) atoms. The maximum absolute atomic E-state index is 12.7. The van der Waals surface area contributed by atoms with Crippen LogP contribution in [-0.4, -0.2) is 65.7 Å². The van der Waals surface area contributed by atoms with Crippen LogP contribution in [0.5, 0.6) is 5.75 Å². The average molecular weight is 450 g/mol. The van der Waals surface area contributed by atoms with Crippen LogP contribution in [0.15, 0.2) is 30.4 Å². The minimum absolute atomic E-state index is 0.0831. The molecule has 0 bridgehead atoms. The lowest BCUT2D eigenvalue weighted by atomic mass is 9.86. The maximum atomic E-state index is 12.7. The minimum Gasteiger partial charge on any atom is -0.496 e. The molecule has 9 nitrogen and oxygen atoms in total. The Hall–Kier alpha value is -2.56. The second kappa shape index (κ2) is 9.29. The number of methoxy groups -OCH3 is 2. The molecule has 2 aliphatic rings. The van der Waals surface area contributed by atoms with E-state index in [0.717, 1.165) is 5.56 Å². The van der Waals surface area contributed by atoms with Gasteiger partial charge in [-0.15, -0.1) is 11.8 Å². The van der Waals surface area contributed by atoms with Gasteiger partial charge in [-0.05, 0) is 18.6 Å². The van der Waals surface area contributed by atoms with E-state index in [1.54, 1.807) is 44.4 Å². The molecule has 0 aromatic heterocycles. The third-order valence-electron chi connectivity index (χ3n) is 5.57. The van der Waals surface area contributed by atoms with Crippen LogP contribution in [0.25, 0.3) is 0 Å². The van der Waals surface area contributed by atoms with Crippen molar-refractivity contribution in [1.82, 2.24) is 10.2 Å². The first-order chi connectivity index (χ1) is 14.8. The van der Waals surface area contributed by atoms with Gasteiger partial charge in [0.15, 0.2) is 0 Å². The number of ether oxygens (including phenoxy) is 2. The molecule has 4 atom stereocenters. The topological polar surface area (TPSA) is 131 Å². The van der Waals surface area contributed by atoms with E-state index in [1.165, 1.54) is 23.8 Å². The summed E-state index contributed by atoms with van der Waals surface area (Å²) < 4.78 is 10.5. The summed E-state index contributed by atoms with van der Waals surface area (Å²) >= 11 is 1.35. The number of amides is 2. The van der Waals surface area contributed by atoms with Gasteiger partial charge in [0.1, 0.15) is 28.6 Å². The van der Waals surface area contributed by atoms with Crippen LogP contribution in [-0.2, 0) is 25.7 Å². The van der Waals surface area contributed by atoms with E-state index in [4.69, 9.17) is 15.2 Å². The number of allylic oxidation sites excluding steroid dienone is 1. The van der Waals surface area contributed by atoms with Gasteiger partial charge in [0.05, 0.1) is 13.7 Å². The molecular weight excluding hydrogens is 422 g/mol. The van der Waals surface area contributed by atoms with Crippen LogP contribution in [0, 0.1) is 5.41 Å².